The molecule has 3 N–H and O–H groups in total. The van der Waals surface area contributed by atoms with Gasteiger partial charge < -0.3 is 15.6 Å². The largest absolute Gasteiger partial charge is 0.501 e. The third-order valence-corrected chi connectivity index (χ3v) is 4.86. The van der Waals surface area contributed by atoms with Crippen molar-refractivity contribution >= 4 is 22.2 Å². The van der Waals surface area contributed by atoms with Crippen molar-refractivity contribution in [1.82, 2.24) is 0 Å². The van der Waals surface area contributed by atoms with Gasteiger partial charge in [0.15, 0.2) is 0 Å². The van der Waals surface area contributed by atoms with Gasteiger partial charge in [-0.15, -0.1) is 12.4 Å². The lowest BCUT2D eigenvalue weighted by atomic mass is 9.87. The quantitative estimate of drug-likeness (QED) is 0.797. The van der Waals surface area contributed by atoms with Gasteiger partial charge in [0, 0.05) is 5.56 Å². The number of halogens is 4. The van der Waals surface area contributed by atoms with E-state index in [0.717, 1.165) is 18.2 Å². The summed E-state index contributed by atoms with van der Waals surface area (Å²) < 4.78 is 65.9. The van der Waals surface area contributed by atoms with Crippen molar-refractivity contribution in [2.75, 3.05) is 0 Å². The summed E-state index contributed by atoms with van der Waals surface area (Å²) >= 11 is 0. The minimum absolute atomic E-state index is 0. The normalized spacial score (nSPS) is 24.0. The first kappa shape index (κ1) is 19.0. The predicted molar refractivity (Wildman–Crippen MR) is 74.6 cm³/mol. The van der Waals surface area contributed by atoms with E-state index < -0.39 is 38.0 Å². The number of ether oxygens (including phenoxy) is 1. The fourth-order valence-corrected chi connectivity index (χ4v) is 2.92. The molecule has 1 aromatic carbocycles. The number of sulfone groups is 1. The van der Waals surface area contributed by atoms with Crippen molar-refractivity contribution in [1.29, 1.82) is 0 Å². The van der Waals surface area contributed by atoms with Gasteiger partial charge in [-0.3, -0.25) is 0 Å². The van der Waals surface area contributed by atoms with Crippen LogP contribution >= 0.6 is 12.4 Å². The summed E-state index contributed by atoms with van der Waals surface area (Å²) in [6, 6.07) is 1.66. The Labute approximate surface area is 131 Å². The number of aliphatic hydroxyl groups excluding tert-OH is 1. The van der Waals surface area contributed by atoms with Gasteiger partial charge in [-0.2, -0.15) is 13.2 Å². The Morgan fingerprint density at radius 1 is 1.32 bits per heavy atom. The number of hydrogen-bond donors (Lipinski definition) is 2. The molecule has 0 saturated carbocycles. The molecule has 0 spiro atoms. The second-order valence-electron chi connectivity index (χ2n) is 5.32. The molecule has 2 rings (SSSR count). The standard InChI is InChI=1S/C12H14F3NO4S.ClH/c1-11(2)10(17)9(16)7-5-6(3-4-8(7)20-11)21(18,19)12(13,14)15;/h3-5,9-10,17H,16H2,1-2H3;1H/t9-,10+;/m1./s1. The van der Waals surface area contributed by atoms with E-state index in [1.165, 1.54) is 0 Å². The van der Waals surface area contributed by atoms with Crippen molar-refractivity contribution in [3.8, 4) is 5.75 Å². The number of hydrogen-bond acceptors (Lipinski definition) is 5. The van der Waals surface area contributed by atoms with Gasteiger partial charge >= 0.3 is 5.51 Å². The molecule has 126 valence electrons. The summed E-state index contributed by atoms with van der Waals surface area (Å²) in [4.78, 5) is -0.931. The van der Waals surface area contributed by atoms with Crippen molar-refractivity contribution in [3.63, 3.8) is 0 Å². The van der Waals surface area contributed by atoms with E-state index in [1.54, 1.807) is 13.8 Å². The minimum atomic E-state index is -5.47. The third-order valence-electron chi connectivity index (χ3n) is 3.38. The van der Waals surface area contributed by atoms with Crippen LogP contribution in [0.4, 0.5) is 13.2 Å². The Bertz CT molecular complexity index is 675. The molecular weight excluding hydrogens is 347 g/mol. The highest BCUT2D eigenvalue weighted by Gasteiger charge is 2.48. The summed E-state index contributed by atoms with van der Waals surface area (Å²) in [5.41, 5.74) is -0.634. The molecule has 0 radical (unpaired) electrons. The molecule has 1 aromatic rings. The molecule has 10 heteroatoms. The Hall–Kier alpha value is -1.03. The molecule has 2 atom stereocenters. The molecule has 1 aliphatic rings. The first-order chi connectivity index (χ1) is 9.38. The monoisotopic (exact) mass is 361 g/mol. The lowest BCUT2D eigenvalue weighted by Crippen LogP contribution is -2.51. The Morgan fingerprint density at radius 2 is 1.86 bits per heavy atom. The van der Waals surface area contributed by atoms with Crippen molar-refractivity contribution in [2.45, 2.75) is 42.0 Å². The Kier molecular flexibility index (Phi) is 4.80. The summed E-state index contributed by atoms with van der Waals surface area (Å²) in [5.74, 6) is 0.152. The number of aliphatic hydroxyl groups is 1. The molecule has 0 fully saturated rings. The first-order valence-electron chi connectivity index (χ1n) is 5.96. The number of benzene rings is 1. The molecule has 5 nitrogen and oxygen atoms in total. The number of alkyl halides is 3. The molecule has 0 aromatic heterocycles. The van der Waals surface area contributed by atoms with Gasteiger partial charge in [0.1, 0.15) is 17.5 Å². The fourth-order valence-electron chi connectivity index (χ4n) is 2.13. The molecule has 0 bridgehead atoms. The maximum Gasteiger partial charge on any atom is 0.501 e. The van der Waals surface area contributed by atoms with Gasteiger partial charge in [-0.1, -0.05) is 0 Å². The third kappa shape index (κ3) is 2.90. The molecule has 1 heterocycles. The van der Waals surface area contributed by atoms with Crippen LogP contribution in [0, 0.1) is 0 Å². The van der Waals surface area contributed by atoms with Crippen LogP contribution in [0.5, 0.6) is 5.75 Å². The van der Waals surface area contributed by atoms with Gasteiger partial charge in [0.05, 0.1) is 10.9 Å². The highest BCUT2D eigenvalue weighted by Crippen LogP contribution is 2.41. The van der Waals surface area contributed by atoms with Crippen LogP contribution in [0.2, 0.25) is 0 Å². The predicted octanol–water partition coefficient (Wildman–Crippen LogP) is 1.93. The maximum atomic E-state index is 12.5. The lowest BCUT2D eigenvalue weighted by Gasteiger charge is -2.40. The SMILES string of the molecule is CC1(C)Oc2ccc(S(=O)(=O)C(F)(F)F)cc2[C@@H](N)[C@@H]1O.Cl. The van der Waals surface area contributed by atoms with Gasteiger partial charge in [-0.05, 0) is 32.0 Å². The second kappa shape index (κ2) is 5.55. The second-order valence-corrected chi connectivity index (χ2v) is 7.27. The zero-order valence-electron chi connectivity index (χ0n) is 11.6. The average molecular weight is 362 g/mol. The highest BCUT2D eigenvalue weighted by molar-refractivity contribution is 7.92. The summed E-state index contributed by atoms with van der Waals surface area (Å²) in [6.07, 6.45) is -1.19. The number of fused-ring (bicyclic) bond motifs is 1. The van der Waals surface area contributed by atoms with E-state index in [2.05, 4.69) is 0 Å². The Balaban J connectivity index is 0.00000242. The van der Waals surface area contributed by atoms with Gasteiger partial charge in [-0.25, -0.2) is 8.42 Å². The van der Waals surface area contributed by atoms with Crippen molar-refractivity contribution in [2.24, 2.45) is 5.73 Å². The zero-order chi connectivity index (χ0) is 16.2. The summed E-state index contributed by atoms with van der Waals surface area (Å²) in [6.45, 7) is 3.14. The van der Waals surface area contributed by atoms with E-state index in [0.29, 0.717) is 0 Å². The zero-order valence-corrected chi connectivity index (χ0v) is 13.2. The number of nitrogens with two attached hydrogens (primary N) is 1. The molecule has 0 saturated heterocycles. The van der Waals surface area contributed by atoms with E-state index in [9.17, 15) is 26.7 Å². The molecule has 1 aliphatic heterocycles. The average Bonchev–Trinajstić information content (AvgIpc) is 2.34. The van der Waals surface area contributed by atoms with E-state index in [4.69, 9.17) is 10.5 Å². The van der Waals surface area contributed by atoms with Crippen molar-refractivity contribution in [3.05, 3.63) is 23.8 Å². The van der Waals surface area contributed by atoms with E-state index >= 15 is 0 Å². The lowest BCUT2D eigenvalue weighted by molar-refractivity contribution is -0.0574. The van der Waals surface area contributed by atoms with Crippen LogP contribution in [0.3, 0.4) is 0 Å². The van der Waals surface area contributed by atoms with Crippen LogP contribution in [-0.2, 0) is 9.84 Å². The smallest absolute Gasteiger partial charge is 0.485 e. The van der Waals surface area contributed by atoms with Gasteiger partial charge in [0.2, 0.25) is 0 Å². The highest BCUT2D eigenvalue weighted by atomic mass is 35.5. The topological polar surface area (TPSA) is 89.6 Å². The minimum Gasteiger partial charge on any atom is -0.485 e. The molecular formula is C12H15ClF3NO4S. The van der Waals surface area contributed by atoms with Gasteiger partial charge in [0.25, 0.3) is 9.84 Å². The van der Waals surface area contributed by atoms with E-state index in [1.807, 2.05) is 0 Å². The van der Waals surface area contributed by atoms with Crippen molar-refractivity contribution < 1.29 is 31.4 Å². The molecule has 22 heavy (non-hydrogen) atoms. The summed E-state index contributed by atoms with van der Waals surface area (Å²) in [5, 5.41) is 9.98. The fraction of sp³-hybridized carbons (Fsp3) is 0.500. The molecule has 0 amide bonds. The van der Waals surface area contributed by atoms with Crippen LogP contribution < -0.4 is 10.5 Å². The summed E-state index contributed by atoms with van der Waals surface area (Å²) in [7, 11) is -5.47. The maximum absolute atomic E-state index is 12.5. The van der Waals surface area contributed by atoms with Crippen LogP contribution in [0.15, 0.2) is 23.1 Å². The van der Waals surface area contributed by atoms with E-state index in [-0.39, 0.29) is 23.7 Å². The molecule has 0 unspecified atom stereocenters. The number of rotatable bonds is 1. The van der Waals surface area contributed by atoms with Crippen LogP contribution in [-0.4, -0.2) is 30.7 Å². The van der Waals surface area contributed by atoms with Crippen LogP contribution in [0.25, 0.3) is 0 Å². The Morgan fingerprint density at radius 3 is 2.36 bits per heavy atom. The van der Waals surface area contributed by atoms with Crippen LogP contribution in [0.1, 0.15) is 25.5 Å². The first-order valence-corrected chi connectivity index (χ1v) is 7.44. The molecule has 0 aliphatic carbocycles.